The Bertz CT molecular complexity index is 2660. The van der Waals surface area contributed by atoms with Crippen LogP contribution < -0.4 is 65.2 Å². The average molecular weight is 898 g/mol. The van der Waals surface area contributed by atoms with Crippen LogP contribution >= 0.6 is 0 Å². The van der Waals surface area contributed by atoms with Gasteiger partial charge in [-0.15, -0.1) is 10.9 Å². The minimum absolute atomic E-state index is 0. The van der Waals surface area contributed by atoms with E-state index < -0.39 is 53.8 Å². The number of non-ortho nitro benzene ring substituents is 1. The van der Waals surface area contributed by atoms with Gasteiger partial charge in [0.15, 0.2) is 0 Å². The smallest absolute Gasteiger partial charge is 0.874 e. The number of nitrogens with zero attached hydrogens (tertiary/aromatic N) is 6. The number of rotatable bonds is 12. The molecule has 5 aromatic rings. The molecule has 19 nitrogen and oxygen atoms in total. The molecule has 0 unspecified atom stereocenters. The van der Waals surface area contributed by atoms with Crippen LogP contribution in [-0.2, 0) is 36.8 Å². The molecular formula is C36H33CoN9NaO10S2. The summed E-state index contributed by atoms with van der Waals surface area (Å²) in [6.45, 7) is 4.41. The summed E-state index contributed by atoms with van der Waals surface area (Å²) in [4.78, 5) is 13.6. The van der Waals surface area contributed by atoms with Crippen molar-refractivity contribution in [3.63, 3.8) is 0 Å². The van der Waals surface area contributed by atoms with E-state index in [1.807, 2.05) is 0 Å². The molecule has 59 heavy (non-hydrogen) atoms. The third-order valence-corrected chi connectivity index (χ3v) is 10.5. The van der Waals surface area contributed by atoms with Gasteiger partial charge in [-0.05, 0) is 74.8 Å². The summed E-state index contributed by atoms with van der Waals surface area (Å²) in [6, 6.07) is 21.9. The first-order chi connectivity index (χ1) is 26.8. The maximum Gasteiger partial charge on any atom is 3.00 e. The van der Waals surface area contributed by atoms with Crippen LogP contribution in [0.1, 0.15) is 20.8 Å². The van der Waals surface area contributed by atoms with Crippen LogP contribution in [0.15, 0.2) is 144 Å². The summed E-state index contributed by atoms with van der Waals surface area (Å²) < 4.78 is 53.2. The minimum atomic E-state index is -3.86. The van der Waals surface area contributed by atoms with Gasteiger partial charge in [-0.2, -0.15) is 15.3 Å². The van der Waals surface area contributed by atoms with E-state index in [1.165, 1.54) is 25.2 Å². The van der Waals surface area contributed by atoms with Gasteiger partial charge in [-0.25, -0.2) is 26.3 Å². The second-order valence-electron chi connectivity index (χ2n) is 12.0. The van der Waals surface area contributed by atoms with Crippen LogP contribution in [0.25, 0.3) is 10.8 Å². The minimum Gasteiger partial charge on any atom is -0.874 e. The number of nitro groups is 1. The molecule has 0 heterocycles. The van der Waals surface area contributed by atoms with E-state index >= 15 is 0 Å². The van der Waals surface area contributed by atoms with Crippen LogP contribution in [0.4, 0.5) is 34.1 Å². The molecule has 0 amide bonds. The van der Waals surface area contributed by atoms with Crippen molar-refractivity contribution < 1.29 is 88.5 Å². The van der Waals surface area contributed by atoms with E-state index in [4.69, 9.17) is 5.73 Å². The Morgan fingerprint density at radius 3 is 2.00 bits per heavy atom. The standard InChI is InChI=1S/C19H22N4O5S.C17H15N5O5S.Co.Na/c1-12(2)23-29(27,28)15-9-10-17(25)16(11-15)21-22-18(13(3)24)19(26)20-14-7-5-4-6-8-14;1-19-28(26,27)12-5-2-10-3-6-14(18)17(13(10)9-12)21-20-15-7-4-11(22(24)25)8-16(15)23;;/h4-12,23-25H,1-3H3,(H,20,26);2-9,19,23H,18H2,1H3;;/q;;+3;+1/p-4. The van der Waals surface area contributed by atoms with Crippen LogP contribution in [0.2, 0.25) is 0 Å². The van der Waals surface area contributed by atoms with Gasteiger partial charge in [0.2, 0.25) is 20.0 Å². The topological polar surface area (TPSA) is 316 Å². The number of para-hydroxylation sites is 1. The Balaban J connectivity index is 0.000000394. The third kappa shape index (κ3) is 13.4. The Kier molecular flexibility index (Phi) is 18.3. The largest absolute Gasteiger partial charge is 3.00 e. The van der Waals surface area contributed by atoms with E-state index in [0.29, 0.717) is 16.5 Å². The van der Waals surface area contributed by atoms with E-state index in [9.17, 15) is 47.4 Å². The van der Waals surface area contributed by atoms with Crippen molar-refractivity contribution in [2.45, 2.75) is 36.6 Å². The summed E-state index contributed by atoms with van der Waals surface area (Å²) in [5.41, 5.74) is 5.32. The van der Waals surface area contributed by atoms with Gasteiger partial charge in [0.25, 0.3) is 5.69 Å². The number of nitrogen functional groups attached to an aromatic ring is 1. The molecule has 0 aliphatic heterocycles. The molecule has 0 bridgehead atoms. The summed E-state index contributed by atoms with van der Waals surface area (Å²) in [5, 5.41) is 74.8. The van der Waals surface area contributed by atoms with Gasteiger partial charge in [0, 0.05) is 29.5 Å². The van der Waals surface area contributed by atoms with E-state index in [0.717, 1.165) is 37.3 Å². The number of benzene rings is 5. The molecule has 0 aliphatic carbocycles. The first-order valence-electron chi connectivity index (χ1n) is 16.4. The van der Waals surface area contributed by atoms with Crippen molar-refractivity contribution in [1.29, 1.82) is 0 Å². The number of azo groups is 2. The summed E-state index contributed by atoms with van der Waals surface area (Å²) in [6.07, 6.45) is 0. The number of fused-ring (bicyclic) bond motifs is 1. The fourth-order valence-corrected chi connectivity index (χ4v) is 6.69. The normalized spacial score (nSPS) is 12.4. The number of hydrogen-bond donors (Lipinski definition) is 3. The number of allylic oxidation sites excluding steroid dienone is 1. The molecule has 0 aromatic heterocycles. The molecule has 4 N–H and O–H groups in total. The Morgan fingerprint density at radius 1 is 0.780 bits per heavy atom. The number of nitrogens with two attached hydrogens (primary N) is 1. The summed E-state index contributed by atoms with van der Waals surface area (Å²) >= 11 is 0. The van der Waals surface area contributed by atoms with E-state index in [1.54, 1.807) is 62.4 Å². The second kappa shape index (κ2) is 21.6. The quantitative estimate of drug-likeness (QED) is 0.0231. The van der Waals surface area contributed by atoms with Crippen LogP contribution in [0, 0.1) is 10.1 Å². The van der Waals surface area contributed by atoms with Crippen molar-refractivity contribution in [1.82, 2.24) is 9.44 Å². The van der Waals surface area contributed by atoms with E-state index in [-0.39, 0.29) is 90.6 Å². The molecule has 0 saturated carbocycles. The number of sulfonamides is 2. The van der Waals surface area contributed by atoms with Crippen LogP contribution in [0.3, 0.4) is 0 Å². The molecule has 0 atom stereocenters. The zero-order valence-corrected chi connectivity index (χ0v) is 36.5. The molecule has 0 fully saturated rings. The number of nitro benzene ring substituents is 1. The van der Waals surface area contributed by atoms with Crippen LogP contribution in [-0.4, -0.2) is 40.7 Å². The van der Waals surface area contributed by atoms with Gasteiger partial charge in [-0.3, -0.25) is 15.1 Å². The average Bonchev–Trinajstić information content (AvgIpc) is 3.15. The molecule has 0 saturated heterocycles. The van der Waals surface area contributed by atoms with Crippen LogP contribution in [0.5, 0.6) is 11.5 Å². The molecule has 0 spiro atoms. The van der Waals surface area contributed by atoms with Crippen molar-refractivity contribution in [2.75, 3.05) is 12.8 Å². The fourth-order valence-electron chi connectivity index (χ4n) is 4.66. The maximum absolute atomic E-state index is 12.3. The van der Waals surface area contributed by atoms with Crippen molar-refractivity contribution in [3.8, 4) is 11.5 Å². The Hall–Kier alpha value is -5.30. The Labute approximate surface area is 371 Å². The zero-order valence-electron chi connectivity index (χ0n) is 31.8. The first kappa shape index (κ1) is 49.8. The second-order valence-corrected chi connectivity index (χ2v) is 15.6. The molecular weight excluding hydrogens is 865 g/mol. The summed E-state index contributed by atoms with van der Waals surface area (Å²) in [7, 11) is -6.25. The van der Waals surface area contributed by atoms with Crippen molar-refractivity contribution in [3.05, 3.63) is 119 Å². The number of hydrogen-bond acceptors (Lipinski definition) is 16. The predicted octanol–water partition coefficient (Wildman–Crippen LogP) is 0.942. The van der Waals surface area contributed by atoms with Gasteiger partial charge in [-0.1, -0.05) is 54.8 Å². The molecule has 5 rings (SSSR count). The van der Waals surface area contributed by atoms with Gasteiger partial charge in [0.05, 0.1) is 43.2 Å². The molecule has 23 heteroatoms. The van der Waals surface area contributed by atoms with Gasteiger partial charge in [0.1, 0.15) is 5.69 Å². The van der Waals surface area contributed by atoms with Gasteiger partial charge >= 0.3 is 46.3 Å². The van der Waals surface area contributed by atoms with Gasteiger partial charge < -0.3 is 26.2 Å². The number of anilines is 1. The predicted molar refractivity (Wildman–Crippen MR) is 203 cm³/mol. The molecule has 0 aliphatic rings. The monoisotopic (exact) mass is 897 g/mol. The number of nitrogens with one attached hydrogen (secondary N) is 2. The first-order valence-corrected chi connectivity index (χ1v) is 19.4. The third-order valence-electron chi connectivity index (χ3n) is 7.40. The fraction of sp³-hybridized carbons (Fsp3) is 0.139. The zero-order chi connectivity index (χ0) is 42.1. The maximum atomic E-state index is 12.3. The molecule has 0 radical (unpaired) electrons. The number of aliphatic imine (C=N–C) groups is 1. The van der Waals surface area contributed by atoms with Crippen molar-refractivity contribution >= 4 is 70.8 Å². The van der Waals surface area contributed by atoms with Crippen molar-refractivity contribution in [2.24, 2.45) is 25.4 Å². The van der Waals surface area contributed by atoms with E-state index in [2.05, 4.69) is 34.9 Å². The molecule has 304 valence electrons. The Morgan fingerprint density at radius 2 is 1.41 bits per heavy atom. The molecule has 5 aromatic carbocycles. The summed E-state index contributed by atoms with van der Waals surface area (Å²) in [5.74, 6) is -2.91. The SMILES string of the molecule is CC([O-])=C(N=Nc1cc(S(=O)(=O)NC(C)C)ccc1[O-])C([O-])=Nc1ccccc1.CNS(=O)(=O)c1ccc2ccc(N)c(N=Nc3ccc([N+](=O)[O-])cc3[O-])c2c1.[Co+3].[Na+].